The first-order valence-electron chi connectivity index (χ1n) is 10.4. The molecule has 0 saturated carbocycles. The summed E-state index contributed by atoms with van der Waals surface area (Å²) in [5, 5.41) is 3.17. The zero-order valence-electron chi connectivity index (χ0n) is 18.7. The van der Waals surface area contributed by atoms with Crippen LogP contribution < -0.4 is 20.7 Å². The molecule has 4 rings (SSSR count). The Morgan fingerprint density at radius 3 is 2.40 bits per heavy atom. The number of hydrogen-bond donors (Lipinski definition) is 3. The molecule has 0 atom stereocenters. The third-order valence-corrected chi connectivity index (χ3v) is 5.42. The first-order chi connectivity index (χ1) is 16.6. The van der Waals surface area contributed by atoms with Gasteiger partial charge in [0.1, 0.15) is 17.2 Å². The second kappa shape index (κ2) is 9.63. The van der Waals surface area contributed by atoms with Crippen LogP contribution in [-0.2, 0) is 6.18 Å². The number of thiocarbonyl (C=S) groups is 1. The number of imidazole rings is 1. The van der Waals surface area contributed by atoms with Gasteiger partial charge in [0.05, 0.1) is 16.9 Å². The summed E-state index contributed by atoms with van der Waals surface area (Å²) in [6.07, 6.45) is -1.06. The summed E-state index contributed by atoms with van der Waals surface area (Å²) in [4.78, 5) is 13.3. The van der Waals surface area contributed by atoms with Crippen LogP contribution in [0.4, 0.5) is 30.2 Å². The molecule has 180 valence electrons. The van der Waals surface area contributed by atoms with E-state index in [0.29, 0.717) is 40.1 Å². The summed E-state index contributed by atoms with van der Waals surface area (Å²) in [7, 11) is 1.70. The second-order valence-corrected chi connectivity index (χ2v) is 8.07. The van der Waals surface area contributed by atoms with Crippen LogP contribution in [0.15, 0.2) is 67.0 Å². The highest BCUT2D eigenvalue weighted by Crippen LogP contribution is 2.32. The Balaban J connectivity index is 1.44. The molecule has 0 aliphatic rings. The minimum absolute atomic E-state index is 0.262. The number of aromatic amines is 1. The van der Waals surface area contributed by atoms with Gasteiger partial charge in [-0.05, 0) is 61.6 Å². The number of nitrogens with zero attached hydrogens (tertiary/aromatic N) is 3. The molecule has 0 aliphatic carbocycles. The highest BCUT2D eigenvalue weighted by molar-refractivity contribution is 7.80. The Kier molecular flexibility index (Phi) is 6.61. The molecule has 0 bridgehead atoms. The molecule has 11 heteroatoms. The van der Waals surface area contributed by atoms with Gasteiger partial charge < -0.3 is 25.7 Å². The lowest BCUT2D eigenvalue weighted by molar-refractivity contribution is -0.137. The summed E-state index contributed by atoms with van der Waals surface area (Å²) in [6, 6.07) is 13.2. The van der Waals surface area contributed by atoms with E-state index in [2.05, 4.69) is 20.3 Å². The maximum absolute atomic E-state index is 12.8. The number of H-pyrrole nitrogens is 1. The van der Waals surface area contributed by atoms with Gasteiger partial charge >= 0.3 is 6.18 Å². The summed E-state index contributed by atoms with van der Waals surface area (Å²) >= 11 is 5.40. The van der Waals surface area contributed by atoms with Crippen molar-refractivity contribution in [3.63, 3.8) is 0 Å². The Labute approximate surface area is 204 Å². The molecule has 4 N–H and O–H groups in total. The minimum atomic E-state index is -4.40. The predicted molar refractivity (Wildman–Crippen MR) is 134 cm³/mol. The van der Waals surface area contributed by atoms with Crippen molar-refractivity contribution in [2.75, 3.05) is 23.0 Å². The van der Waals surface area contributed by atoms with Crippen LogP contribution in [0.1, 0.15) is 11.3 Å². The maximum atomic E-state index is 12.8. The molecule has 0 amide bonds. The van der Waals surface area contributed by atoms with Gasteiger partial charge in [-0.25, -0.2) is 4.98 Å². The van der Waals surface area contributed by atoms with Gasteiger partial charge in [-0.15, -0.1) is 0 Å². The van der Waals surface area contributed by atoms with Crippen molar-refractivity contribution in [3.05, 3.63) is 78.2 Å². The number of nitrogen functional groups attached to an aromatic ring is 1. The SMILES string of the molecule is Cc1cnc(-c2cc(Oc3ccc(N(C)C(=S)Nc4ccc(C(F)(F)F)cc4)c(N)c3)ccn2)[nH]1. The number of alkyl halides is 3. The van der Waals surface area contributed by atoms with Crippen LogP contribution in [-0.4, -0.2) is 27.1 Å². The van der Waals surface area contributed by atoms with E-state index in [1.54, 1.807) is 54.7 Å². The summed E-state index contributed by atoms with van der Waals surface area (Å²) in [6.45, 7) is 1.91. The number of nitrogens with two attached hydrogens (primary N) is 1. The number of anilines is 3. The van der Waals surface area contributed by atoms with Crippen LogP contribution in [0, 0.1) is 6.92 Å². The zero-order chi connectivity index (χ0) is 25.2. The average Bonchev–Trinajstić information content (AvgIpc) is 3.25. The number of aryl methyl sites for hydroxylation is 1. The Morgan fingerprint density at radius 1 is 1.06 bits per heavy atom. The van der Waals surface area contributed by atoms with Gasteiger partial charge in [-0.2, -0.15) is 13.2 Å². The number of aromatic nitrogens is 3. The molecule has 2 aromatic carbocycles. The summed E-state index contributed by atoms with van der Waals surface area (Å²) < 4.78 is 44.2. The summed E-state index contributed by atoms with van der Waals surface area (Å²) in [5.41, 5.74) is 8.49. The van der Waals surface area contributed by atoms with E-state index in [0.717, 1.165) is 17.8 Å². The van der Waals surface area contributed by atoms with Crippen LogP contribution in [0.3, 0.4) is 0 Å². The lowest BCUT2D eigenvalue weighted by atomic mass is 10.2. The van der Waals surface area contributed by atoms with E-state index < -0.39 is 11.7 Å². The van der Waals surface area contributed by atoms with E-state index in [1.807, 2.05) is 6.92 Å². The molecule has 0 radical (unpaired) electrons. The third kappa shape index (κ3) is 5.69. The number of rotatable bonds is 5. The molecule has 0 aliphatic heterocycles. The number of benzene rings is 2. The quantitative estimate of drug-likeness (QED) is 0.229. The fourth-order valence-electron chi connectivity index (χ4n) is 3.24. The van der Waals surface area contributed by atoms with E-state index >= 15 is 0 Å². The van der Waals surface area contributed by atoms with Gasteiger partial charge in [0.2, 0.25) is 0 Å². The number of pyridine rings is 1. The average molecular weight is 499 g/mol. The van der Waals surface area contributed by atoms with Gasteiger partial charge in [0.15, 0.2) is 10.9 Å². The van der Waals surface area contributed by atoms with E-state index in [-0.39, 0.29) is 5.11 Å². The van der Waals surface area contributed by atoms with Crippen LogP contribution in [0.25, 0.3) is 11.5 Å². The van der Waals surface area contributed by atoms with Gasteiger partial charge in [0.25, 0.3) is 0 Å². The van der Waals surface area contributed by atoms with E-state index in [9.17, 15) is 13.2 Å². The number of ether oxygens (including phenoxy) is 1. The molecule has 0 unspecified atom stereocenters. The van der Waals surface area contributed by atoms with Crippen molar-refractivity contribution in [3.8, 4) is 23.0 Å². The van der Waals surface area contributed by atoms with Crippen molar-refractivity contribution in [2.24, 2.45) is 0 Å². The minimum Gasteiger partial charge on any atom is -0.457 e. The topological polar surface area (TPSA) is 92.1 Å². The molecule has 0 spiro atoms. The Bertz CT molecular complexity index is 1350. The zero-order valence-corrected chi connectivity index (χ0v) is 19.5. The predicted octanol–water partition coefficient (Wildman–Crippen LogP) is 6.01. The van der Waals surface area contributed by atoms with Crippen molar-refractivity contribution in [2.45, 2.75) is 13.1 Å². The molecule has 35 heavy (non-hydrogen) atoms. The molecule has 2 aromatic heterocycles. The van der Waals surface area contributed by atoms with Crippen molar-refractivity contribution in [1.29, 1.82) is 0 Å². The standard InChI is InChI=1S/C24H21F3N6OS/c1-14-13-30-22(31-14)20-12-18(9-10-29-20)34-17-7-8-21(19(28)11-17)33(2)23(35)32-16-5-3-15(4-6-16)24(25,26)27/h3-13H,28H2,1-2H3,(H,30,31)(H,32,35). The van der Waals surface area contributed by atoms with Gasteiger partial charge in [-0.1, -0.05) is 0 Å². The maximum Gasteiger partial charge on any atom is 0.416 e. The van der Waals surface area contributed by atoms with Crippen molar-refractivity contribution < 1.29 is 17.9 Å². The number of hydrogen-bond acceptors (Lipinski definition) is 5. The molecule has 2 heterocycles. The molecule has 0 saturated heterocycles. The monoisotopic (exact) mass is 498 g/mol. The second-order valence-electron chi connectivity index (χ2n) is 7.68. The molecule has 0 fully saturated rings. The van der Waals surface area contributed by atoms with E-state index in [4.69, 9.17) is 22.7 Å². The van der Waals surface area contributed by atoms with E-state index in [1.165, 1.54) is 12.1 Å². The number of halogens is 3. The fourth-order valence-corrected chi connectivity index (χ4v) is 3.46. The normalized spacial score (nSPS) is 11.2. The molecular weight excluding hydrogens is 477 g/mol. The third-order valence-electron chi connectivity index (χ3n) is 5.04. The van der Waals surface area contributed by atoms with Crippen LogP contribution in [0.2, 0.25) is 0 Å². The first-order valence-corrected chi connectivity index (χ1v) is 10.8. The highest BCUT2D eigenvalue weighted by atomic mass is 32.1. The Morgan fingerprint density at radius 2 is 1.77 bits per heavy atom. The molecule has 4 aromatic rings. The summed E-state index contributed by atoms with van der Waals surface area (Å²) in [5.74, 6) is 1.71. The lowest BCUT2D eigenvalue weighted by Gasteiger charge is -2.23. The van der Waals surface area contributed by atoms with Crippen molar-refractivity contribution >= 4 is 34.4 Å². The van der Waals surface area contributed by atoms with Crippen molar-refractivity contribution in [1.82, 2.24) is 15.0 Å². The number of nitrogens with one attached hydrogen (secondary N) is 2. The lowest BCUT2D eigenvalue weighted by Crippen LogP contribution is -2.31. The smallest absolute Gasteiger partial charge is 0.416 e. The fraction of sp³-hybridized carbons (Fsp3) is 0.125. The molecule has 7 nitrogen and oxygen atoms in total. The highest BCUT2D eigenvalue weighted by Gasteiger charge is 2.30. The van der Waals surface area contributed by atoms with Gasteiger partial charge in [-0.3, -0.25) is 4.98 Å². The van der Waals surface area contributed by atoms with Gasteiger partial charge in [0, 0.05) is 43.0 Å². The largest absolute Gasteiger partial charge is 0.457 e. The first kappa shape index (κ1) is 24.0. The molecular formula is C24H21F3N6OS. The van der Waals surface area contributed by atoms with Crippen LogP contribution >= 0.6 is 12.2 Å². The Hall–Kier alpha value is -4.12. The van der Waals surface area contributed by atoms with Crippen LogP contribution in [0.5, 0.6) is 11.5 Å².